The molecule has 2 aromatic carbocycles. The van der Waals surface area contributed by atoms with E-state index in [1.807, 2.05) is 6.07 Å². The zero-order valence-corrected chi connectivity index (χ0v) is 17.3. The molecule has 1 aliphatic carbocycles. The summed E-state index contributed by atoms with van der Waals surface area (Å²) in [7, 11) is -3.84. The summed E-state index contributed by atoms with van der Waals surface area (Å²) in [5.74, 6) is -0.490. The monoisotopic (exact) mass is 457 g/mol. The van der Waals surface area contributed by atoms with E-state index in [-0.39, 0.29) is 27.0 Å². The number of hydrogen-bond donors (Lipinski definition) is 2. The van der Waals surface area contributed by atoms with Crippen LogP contribution in [0.3, 0.4) is 0 Å². The zero-order chi connectivity index (χ0) is 20.8. The smallest absolute Gasteiger partial charge is 0.341 e. The fourth-order valence-corrected chi connectivity index (χ4v) is 5.94. The van der Waals surface area contributed by atoms with E-state index in [1.165, 1.54) is 18.2 Å². The Balaban J connectivity index is 1.60. The van der Waals surface area contributed by atoms with Gasteiger partial charge in [-0.25, -0.2) is 17.9 Å². The van der Waals surface area contributed by atoms with Gasteiger partial charge >= 0.3 is 5.97 Å². The van der Waals surface area contributed by atoms with E-state index in [1.54, 1.807) is 12.1 Å². The van der Waals surface area contributed by atoms with Crippen LogP contribution in [-0.4, -0.2) is 38.2 Å². The molecule has 7 nitrogen and oxygen atoms in total. The molecule has 29 heavy (non-hydrogen) atoms. The van der Waals surface area contributed by atoms with E-state index in [2.05, 4.69) is 4.72 Å². The average molecular weight is 458 g/mol. The summed E-state index contributed by atoms with van der Waals surface area (Å²) in [6.45, 7) is -0.485. The zero-order valence-electron chi connectivity index (χ0n) is 15.0. The van der Waals surface area contributed by atoms with Gasteiger partial charge in [-0.3, -0.25) is 0 Å². The molecular formula is C19H17Cl2NO6S. The Morgan fingerprint density at radius 1 is 1.21 bits per heavy atom. The summed E-state index contributed by atoms with van der Waals surface area (Å²) < 4.78 is 39.8. The molecule has 3 unspecified atom stereocenters. The lowest BCUT2D eigenvalue weighted by molar-refractivity contribution is -0.139. The van der Waals surface area contributed by atoms with Gasteiger partial charge in [0.25, 0.3) is 0 Å². The molecular weight excluding hydrogens is 441 g/mol. The third kappa shape index (κ3) is 4.02. The first-order valence-corrected chi connectivity index (χ1v) is 11.1. The number of carboxylic acid groups (broad SMARTS) is 1. The summed E-state index contributed by atoms with van der Waals surface area (Å²) in [5.41, 5.74) is 0.798. The predicted molar refractivity (Wildman–Crippen MR) is 107 cm³/mol. The number of fused-ring (bicyclic) bond motifs is 3. The lowest BCUT2D eigenvalue weighted by atomic mass is 9.94. The van der Waals surface area contributed by atoms with E-state index < -0.39 is 28.6 Å². The summed E-state index contributed by atoms with van der Waals surface area (Å²) in [5, 5.41) is 9.31. The first-order valence-electron chi connectivity index (χ1n) is 8.87. The number of sulfonamides is 1. The van der Waals surface area contributed by atoms with Crippen LogP contribution < -0.4 is 14.2 Å². The number of nitrogens with one attached hydrogen (secondary N) is 1. The number of rotatable bonds is 6. The minimum Gasteiger partial charge on any atom is -0.486 e. The number of para-hydroxylation sites is 1. The molecule has 1 fully saturated rings. The Hall–Kier alpha value is -2.00. The van der Waals surface area contributed by atoms with Gasteiger partial charge in [0, 0.05) is 27.6 Å². The summed E-state index contributed by atoms with van der Waals surface area (Å²) in [6.07, 6.45) is 1.04. The van der Waals surface area contributed by atoms with E-state index in [4.69, 9.17) is 37.8 Å². The first kappa shape index (κ1) is 20.3. The molecule has 2 aliphatic rings. The predicted octanol–water partition coefficient (Wildman–Crippen LogP) is 3.44. The summed E-state index contributed by atoms with van der Waals surface area (Å²) in [6, 6.07) is 8.99. The fraction of sp³-hybridized carbons (Fsp3) is 0.316. The Morgan fingerprint density at radius 2 is 1.93 bits per heavy atom. The van der Waals surface area contributed by atoms with Crippen molar-refractivity contribution in [1.29, 1.82) is 0 Å². The van der Waals surface area contributed by atoms with E-state index in [9.17, 15) is 13.2 Å². The first-order chi connectivity index (χ1) is 13.7. The van der Waals surface area contributed by atoms with Gasteiger partial charge in [-0.15, -0.1) is 0 Å². The van der Waals surface area contributed by atoms with Gasteiger partial charge in [-0.1, -0.05) is 35.3 Å². The summed E-state index contributed by atoms with van der Waals surface area (Å²) in [4.78, 5) is 10.8. The highest BCUT2D eigenvalue weighted by Crippen LogP contribution is 2.51. The quantitative estimate of drug-likeness (QED) is 0.688. The third-order valence-electron chi connectivity index (χ3n) is 5.04. The number of benzene rings is 2. The van der Waals surface area contributed by atoms with Crippen LogP contribution in [0.2, 0.25) is 10.0 Å². The standard InChI is InChI=1S/C19H17Cl2NO6S/c20-10-6-11(21)8-12(7-10)29(25,26)22-14-4-5-15-18(14)13-2-1-3-16(19(13)28-15)27-9-17(23)24/h1-3,6-8,14-15,18,22H,4-5,9H2,(H,23,24). The fourth-order valence-electron chi connectivity index (χ4n) is 3.92. The van der Waals surface area contributed by atoms with Crippen molar-refractivity contribution < 1.29 is 27.8 Å². The molecule has 2 aromatic rings. The molecule has 2 N–H and O–H groups in total. The molecule has 10 heteroatoms. The molecule has 0 radical (unpaired) electrons. The van der Waals surface area contributed by atoms with Crippen molar-refractivity contribution in [2.75, 3.05) is 6.61 Å². The molecule has 1 heterocycles. The molecule has 154 valence electrons. The highest BCUT2D eigenvalue weighted by atomic mass is 35.5. The van der Waals surface area contributed by atoms with Crippen LogP contribution in [0.5, 0.6) is 11.5 Å². The second-order valence-corrected chi connectivity index (χ2v) is 9.54. The van der Waals surface area contributed by atoms with Gasteiger partial charge in [0.1, 0.15) is 6.10 Å². The van der Waals surface area contributed by atoms with Crippen molar-refractivity contribution in [3.05, 3.63) is 52.0 Å². The number of aliphatic carboxylic acids is 1. The van der Waals surface area contributed by atoms with Crippen LogP contribution >= 0.6 is 23.2 Å². The van der Waals surface area contributed by atoms with Crippen molar-refractivity contribution in [3.63, 3.8) is 0 Å². The van der Waals surface area contributed by atoms with Crippen molar-refractivity contribution in [3.8, 4) is 11.5 Å². The van der Waals surface area contributed by atoms with Gasteiger partial charge in [0.15, 0.2) is 18.1 Å². The number of hydrogen-bond acceptors (Lipinski definition) is 5. The van der Waals surface area contributed by atoms with Crippen LogP contribution in [0.25, 0.3) is 0 Å². The lowest BCUT2D eigenvalue weighted by Gasteiger charge is -2.20. The topological polar surface area (TPSA) is 102 Å². The SMILES string of the molecule is O=C(O)COc1cccc2c1OC1CCC(NS(=O)(=O)c3cc(Cl)cc(Cl)c3)C21. The highest BCUT2D eigenvalue weighted by Gasteiger charge is 2.47. The van der Waals surface area contributed by atoms with Gasteiger partial charge in [0.05, 0.1) is 4.90 Å². The van der Waals surface area contributed by atoms with E-state index in [0.29, 0.717) is 24.3 Å². The number of carbonyl (C=O) groups is 1. The highest BCUT2D eigenvalue weighted by molar-refractivity contribution is 7.89. The molecule has 0 aromatic heterocycles. The van der Waals surface area contributed by atoms with Gasteiger partial charge in [-0.05, 0) is 37.1 Å². The van der Waals surface area contributed by atoms with Gasteiger partial charge in [-0.2, -0.15) is 0 Å². The normalized spacial score (nSPS) is 22.6. The van der Waals surface area contributed by atoms with Crippen LogP contribution in [0.4, 0.5) is 0 Å². The Kier molecular flexibility index (Phi) is 5.37. The van der Waals surface area contributed by atoms with E-state index >= 15 is 0 Å². The molecule has 0 bridgehead atoms. The molecule has 0 amide bonds. The van der Waals surface area contributed by atoms with Crippen molar-refractivity contribution in [2.24, 2.45) is 0 Å². The van der Waals surface area contributed by atoms with Crippen LogP contribution in [0, 0.1) is 0 Å². The molecule has 3 atom stereocenters. The van der Waals surface area contributed by atoms with Crippen LogP contribution in [0.15, 0.2) is 41.3 Å². The van der Waals surface area contributed by atoms with Gasteiger partial charge in [0.2, 0.25) is 10.0 Å². The van der Waals surface area contributed by atoms with Crippen molar-refractivity contribution >= 4 is 39.2 Å². The minimum absolute atomic E-state index is 0.00358. The van der Waals surface area contributed by atoms with Crippen LogP contribution in [0.1, 0.15) is 24.3 Å². The largest absolute Gasteiger partial charge is 0.486 e. The van der Waals surface area contributed by atoms with Crippen LogP contribution in [-0.2, 0) is 14.8 Å². The molecule has 4 rings (SSSR count). The maximum atomic E-state index is 12.9. The number of ether oxygens (including phenoxy) is 2. The number of carboxylic acids is 1. The maximum Gasteiger partial charge on any atom is 0.341 e. The maximum absolute atomic E-state index is 12.9. The number of halogens is 2. The Morgan fingerprint density at radius 3 is 2.62 bits per heavy atom. The molecule has 0 saturated heterocycles. The van der Waals surface area contributed by atoms with E-state index in [0.717, 1.165) is 5.56 Å². The Bertz CT molecular complexity index is 1050. The van der Waals surface area contributed by atoms with Gasteiger partial charge < -0.3 is 14.6 Å². The Labute approximate surface area is 177 Å². The second kappa shape index (κ2) is 7.68. The summed E-state index contributed by atoms with van der Waals surface area (Å²) >= 11 is 11.9. The third-order valence-corrected chi connectivity index (χ3v) is 6.94. The van der Waals surface area contributed by atoms with Crippen molar-refractivity contribution in [1.82, 2.24) is 4.72 Å². The van der Waals surface area contributed by atoms with Crippen molar-refractivity contribution in [2.45, 2.75) is 35.8 Å². The minimum atomic E-state index is -3.84. The second-order valence-electron chi connectivity index (χ2n) is 6.95. The molecule has 0 spiro atoms. The molecule has 1 saturated carbocycles. The average Bonchev–Trinajstić information content (AvgIpc) is 3.19. The molecule has 1 aliphatic heterocycles. The lowest BCUT2D eigenvalue weighted by Crippen LogP contribution is -2.37.